The van der Waals surface area contributed by atoms with Crippen molar-refractivity contribution >= 4 is 17.3 Å². The fourth-order valence-corrected chi connectivity index (χ4v) is 2.18. The lowest BCUT2D eigenvalue weighted by Gasteiger charge is -2.09. The van der Waals surface area contributed by atoms with Gasteiger partial charge in [0.05, 0.1) is 18.5 Å². The van der Waals surface area contributed by atoms with Crippen LogP contribution in [0.1, 0.15) is 5.56 Å². The lowest BCUT2D eigenvalue weighted by atomic mass is 10.1. The van der Waals surface area contributed by atoms with Gasteiger partial charge < -0.3 is 15.4 Å². The van der Waals surface area contributed by atoms with Gasteiger partial charge in [-0.25, -0.2) is 4.39 Å². The maximum Gasteiger partial charge on any atom is 0.269 e. The number of rotatable bonds is 8. The summed E-state index contributed by atoms with van der Waals surface area (Å²) in [5.74, 6) is -0.598. The van der Waals surface area contributed by atoms with Crippen molar-refractivity contribution in [3.63, 3.8) is 0 Å². The molecule has 0 atom stereocenters. The lowest BCUT2D eigenvalue weighted by molar-refractivity contribution is -0.384. The van der Waals surface area contributed by atoms with Crippen LogP contribution in [0, 0.1) is 15.9 Å². The third-order valence-corrected chi connectivity index (χ3v) is 3.44. The summed E-state index contributed by atoms with van der Waals surface area (Å²) in [5.41, 5.74) is 1.29. The Morgan fingerprint density at radius 3 is 2.52 bits per heavy atom. The Labute approximate surface area is 144 Å². The van der Waals surface area contributed by atoms with Gasteiger partial charge in [0.25, 0.3) is 5.69 Å². The van der Waals surface area contributed by atoms with E-state index in [0.29, 0.717) is 18.7 Å². The zero-order valence-corrected chi connectivity index (χ0v) is 13.6. The van der Waals surface area contributed by atoms with E-state index < -0.39 is 10.7 Å². The molecule has 0 aromatic heterocycles. The molecule has 25 heavy (non-hydrogen) atoms. The topological polar surface area (TPSA) is 93.5 Å². The molecule has 0 radical (unpaired) electrons. The molecule has 2 N–H and O–H groups in total. The molecule has 1 amide bonds. The number of amides is 1. The molecule has 0 aliphatic rings. The second-order valence-corrected chi connectivity index (χ2v) is 5.23. The average molecular weight is 347 g/mol. The van der Waals surface area contributed by atoms with Crippen LogP contribution in [-0.2, 0) is 11.2 Å². The van der Waals surface area contributed by atoms with Gasteiger partial charge in [-0.2, -0.15) is 0 Å². The van der Waals surface area contributed by atoms with E-state index >= 15 is 0 Å². The van der Waals surface area contributed by atoms with Crippen molar-refractivity contribution in [1.82, 2.24) is 5.32 Å². The van der Waals surface area contributed by atoms with E-state index in [4.69, 9.17) is 4.74 Å². The minimum absolute atomic E-state index is 0.0191. The van der Waals surface area contributed by atoms with Crippen molar-refractivity contribution in [1.29, 1.82) is 0 Å². The Hall–Kier alpha value is -3.16. The van der Waals surface area contributed by atoms with Crippen molar-refractivity contribution in [2.75, 3.05) is 25.5 Å². The van der Waals surface area contributed by atoms with Crippen LogP contribution in [0.15, 0.2) is 42.5 Å². The SMILES string of the molecule is COc1ccc(CC(=O)NCCNc2ccc([N+](=O)[O-])cc2)cc1F. The molecular weight excluding hydrogens is 329 g/mol. The first-order chi connectivity index (χ1) is 12.0. The van der Waals surface area contributed by atoms with Gasteiger partial charge in [0.1, 0.15) is 0 Å². The maximum atomic E-state index is 13.6. The number of non-ortho nitro benzene ring substituents is 1. The van der Waals surface area contributed by atoms with Gasteiger partial charge in [-0.05, 0) is 29.8 Å². The molecule has 0 aliphatic carbocycles. The van der Waals surface area contributed by atoms with Gasteiger partial charge in [0.15, 0.2) is 11.6 Å². The fourth-order valence-electron chi connectivity index (χ4n) is 2.18. The first kappa shape index (κ1) is 18.2. The third kappa shape index (κ3) is 5.45. The molecule has 132 valence electrons. The number of ether oxygens (including phenoxy) is 1. The second-order valence-electron chi connectivity index (χ2n) is 5.23. The molecule has 8 heteroatoms. The number of halogens is 1. The van der Waals surface area contributed by atoms with Gasteiger partial charge in [-0.1, -0.05) is 6.07 Å². The van der Waals surface area contributed by atoms with Crippen LogP contribution < -0.4 is 15.4 Å². The summed E-state index contributed by atoms with van der Waals surface area (Å²) in [6.07, 6.45) is 0.0679. The number of nitrogens with zero attached hydrogens (tertiary/aromatic N) is 1. The standard InChI is InChI=1S/C17H18FN3O4/c1-25-16-7-2-12(10-15(16)18)11-17(22)20-9-8-19-13-3-5-14(6-4-13)21(23)24/h2-7,10,19H,8-9,11H2,1H3,(H,20,22). The highest BCUT2D eigenvalue weighted by molar-refractivity contribution is 5.78. The number of carbonyl (C=O) groups is 1. The van der Waals surface area contributed by atoms with Crippen LogP contribution >= 0.6 is 0 Å². The number of benzene rings is 2. The average Bonchev–Trinajstić information content (AvgIpc) is 2.59. The van der Waals surface area contributed by atoms with Crippen molar-refractivity contribution in [2.24, 2.45) is 0 Å². The Kier molecular flexibility index (Phi) is 6.27. The number of hydrogen-bond donors (Lipinski definition) is 2. The second kappa shape index (κ2) is 8.62. The van der Waals surface area contributed by atoms with E-state index in [-0.39, 0.29) is 23.8 Å². The van der Waals surface area contributed by atoms with Crippen LogP contribution in [0.25, 0.3) is 0 Å². The van der Waals surface area contributed by atoms with Crippen LogP contribution in [0.4, 0.5) is 15.8 Å². The summed E-state index contributed by atoms with van der Waals surface area (Å²) in [5, 5.41) is 16.3. The van der Waals surface area contributed by atoms with Crippen molar-refractivity contribution < 1.29 is 18.8 Å². The molecule has 2 aromatic carbocycles. The van der Waals surface area contributed by atoms with E-state index in [1.54, 1.807) is 18.2 Å². The maximum absolute atomic E-state index is 13.6. The normalized spacial score (nSPS) is 10.2. The number of nitro benzene ring substituents is 1. The molecule has 2 aromatic rings. The van der Waals surface area contributed by atoms with E-state index in [0.717, 1.165) is 5.69 Å². The highest BCUT2D eigenvalue weighted by atomic mass is 19.1. The zero-order chi connectivity index (χ0) is 18.2. The fraction of sp³-hybridized carbons (Fsp3) is 0.235. The summed E-state index contributed by atoms with van der Waals surface area (Å²) >= 11 is 0. The number of carbonyl (C=O) groups excluding carboxylic acids is 1. The van der Waals surface area contributed by atoms with E-state index in [1.165, 1.54) is 31.4 Å². The lowest BCUT2D eigenvalue weighted by Crippen LogP contribution is -2.30. The first-order valence-electron chi connectivity index (χ1n) is 7.57. The summed E-state index contributed by atoms with van der Waals surface area (Å²) < 4.78 is 18.4. The van der Waals surface area contributed by atoms with E-state index in [1.807, 2.05) is 0 Å². The van der Waals surface area contributed by atoms with Gasteiger partial charge in [-0.3, -0.25) is 14.9 Å². The molecule has 0 aliphatic heterocycles. The predicted octanol–water partition coefficient (Wildman–Crippen LogP) is 2.51. The molecule has 0 saturated carbocycles. The molecule has 0 spiro atoms. The molecule has 0 saturated heterocycles. The largest absolute Gasteiger partial charge is 0.494 e. The Bertz CT molecular complexity index is 750. The van der Waals surface area contributed by atoms with E-state index in [9.17, 15) is 19.3 Å². The predicted molar refractivity (Wildman–Crippen MR) is 91.3 cm³/mol. The van der Waals surface area contributed by atoms with Crippen LogP contribution in [0.5, 0.6) is 5.75 Å². The highest BCUT2D eigenvalue weighted by Gasteiger charge is 2.07. The number of anilines is 1. The number of nitro groups is 1. The molecule has 0 heterocycles. The van der Waals surface area contributed by atoms with Gasteiger partial charge in [0.2, 0.25) is 5.91 Å². The number of hydrogen-bond acceptors (Lipinski definition) is 5. The highest BCUT2D eigenvalue weighted by Crippen LogP contribution is 2.18. The van der Waals surface area contributed by atoms with Gasteiger partial charge in [0, 0.05) is 30.9 Å². The van der Waals surface area contributed by atoms with Crippen molar-refractivity contribution in [2.45, 2.75) is 6.42 Å². The summed E-state index contributed by atoms with van der Waals surface area (Å²) in [6, 6.07) is 10.4. The van der Waals surface area contributed by atoms with Crippen LogP contribution in [-0.4, -0.2) is 31.0 Å². The quantitative estimate of drug-likeness (QED) is 0.435. The summed E-state index contributed by atoms with van der Waals surface area (Å²) in [7, 11) is 1.38. The van der Waals surface area contributed by atoms with Crippen LogP contribution in [0.3, 0.4) is 0 Å². The summed E-state index contributed by atoms with van der Waals surface area (Å²) in [6.45, 7) is 0.828. The smallest absolute Gasteiger partial charge is 0.269 e. The number of nitrogens with one attached hydrogen (secondary N) is 2. The number of methoxy groups -OCH3 is 1. The van der Waals surface area contributed by atoms with Crippen LogP contribution in [0.2, 0.25) is 0 Å². The monoisotopic (exact) mass is 347 g/mol. The minimum atomic E-state index is -0.507. The molecular formula is C17H18FN3O4. The minimum Gasteiger partial charge on any atom is -0.494 e. The first-order valence-corrected chi connectivity index (χ1v) is 7.57. The molecule has 0 fully saturated rings. The molecule has 0 unspecified atom stereocenters. The van der Waals surface area contributed by atoms with Gasteiger partial charge >= 0.3 is 0 Å². The zero-order valence-electron chi connectivity index (χ0n) is 13.6. The Morgan fingerprint density at radius 1 is 1.20 bits per heavy atom. The third-order valence-electron chi connectivity index (χ3n) is 3.44. The Morgan fingerprint density at radius 2 is 1.92 bits per heavy atom. The molecule has 7 nitrogen and oxygen atoms in total. The van der Waals surface area contributed by atoms with E-state index in [2.05, 4.69) is 10.6 Å². The summed E-state index contributed by atoms with van der Waals surface area (Å²) in [4.78, 5) is 21.9. The molecule has 2 rings (SSSR count). The molecule has 0 bridgehead atoms. The van der Waals surface area contributed by atoms with Crippen molar-refractivity contribution in [3.05, 3.63) is 64.0 Å². The van der Waals surface area contributed by atoms with Crippen molar-refractivity contribution in [3.8, 4) is 5.75 Å². The Balaban J connectivity index is 1.73. The van der Waals surface area contributed by atoms with Gasteiger partial charge in [-0.15, -0.1) is 0 Å².